The number of hydrogen-bond donors (Lipinski definition) is 2. The fourth-order valence-electron chi connectivity index (χ4n) is 0.784. The molecule has 0 bridgehead atoms. The van der Waals surface area contributed by atoms with Crippen LogP contribution in [0.25, 0.3) is 0 Å². The molecule has 0 saturated heterocycles. The largest absolute Gasteiger partial charge is 0.383 e. The third-order valence-corrected chi connectivity index (χ3v) is 1.31. The molecule has 0 radical (unpaired) electrons. The number of ether oxygens (including phenoxy) is 1. The van der Waals surface area contributed by atoms with Gasteiger partial charge in [-0.2, -0.15) is 0 Å². The van der Waals surface area contributed by atoms with Crippen LogP contribution in [0.1, 0.15) is 6.92 Å². The molecule has 0 aliphatic rings. The molecule has 0 aromatic heterocycles. The van der Waals surface area contributed by atoms with E-state index >= 15 is 0 Å². The molecule has 1 atom stereocenters. The number of methoxy groups -OCH3 is 1. The van der Waals surface area contributed by atoms with E-state index in [1.807, 2.05) is 6.92 Å². The normalized spacial score (nSPS) is 14.4. The average molecular weight is 187 g/mol. The van der Waals surface area contributed by atoms with Gasteiger partial charge in [-0.15, -0.1) is 0 Å². The van der Waals surface area contributed by atoms with Gasteiger partial charge in [0.1, 0.15) is 0 Å². The minimum absolute atomic E-state index is 0.0282. The lowest BCUT2D eigenvalue weighted by atomic mass is 10.3. The van der Waals surface area contributed by atoms with E-state index in [4.69, 9.17) is 10.1 Å². The Morgan fingerprint density at radius 2 is 2.46 bits per heavy atom. The van der Waals surface area contributed by atoms with E-state index in [9.17, 15) is 4.39 Å². The van der Waals surface area contributed by atoms with Crippen LogP contribution in [0.4, 0.5) is 4.39 Å². The molecular weight excluding hydrogens is 173 g/mol. The van der Waals surface area contributed by atoms with Gasteiger partial charge in [-0.1, -0.05) is 0 Å². The molecule has 4 nitrogen and oxygen atoms in total. The Bertz CT molecular complexity index is 215. The van der Waals surface area contributed by atoms with Crippen LogP contribution in [-0.4, -0.2) is 32.7 Å². The molecule has 0 unspecified atom stereocenters. The Morgan fingerprint density at radius 3 is 2.85 bits per heavy atom. The Morgan fingerprint density at radius 1 is 1.85 bits per heavy atom. The highest BCUT2D eigenvalue weighted by atomic mass is 19.1. The predicted octanol–water partition coefficient (Wildman–Crippen LogP) is 1.10. The first kappa shape index (κ1) is 11.8. The molecule has 13 heavy (non-hydrogen) atoms. The Hall–Kier alpha value is -1.23. The second-order valence-corrected chi connectivity index (χ2v) is 2.50. The molecule has 0 aromatic carbocycles. The predicted molar refractivity (Wildman–Crippen MR) is 50.9 cm³/mol. The summed E-state index contributed by atoms with van der Waals surface area (Å²) in [6.45, 7) is 5.43. The molecule has 0 rings (SSSR count). The summed E-state index contributed by atoms with van der Waals surface area (Å²) in [6, 6.07) is -0.0730. The Labute approximate surface area is 77.0 Å². The first-order valence-electron chi connectivity index (χ1n) is 3.78. The smallest absolute Gasteiger partial charge is 0.182 e. The van der Waals surface area contributed by atoms with Gasteiger partial charge in [-0.3, -0.25) is 0 Å². The van der Waals surface area contributed by atoms with Crippen LogP contribution in [0.5, 0.6) is 0 Å². The lowest BCUT2D eigenvalue weighted by molar-refractivity contribution is 0.175. The Balaban J connectivity index is 4.28. The highest BCUT2D eigenvalue weighted by molar-refractivity contribution is 5.73. The second-order valence-electron chi connectivity index (χ2n) is 2.50. The maximum absolute atomic E-state index is 12.8. The summed E-state index contributed by atoms with van der Waals surface area (Å²) in [5.74, 6) is -0.766. The van der Waals surface area contributed by atoms with E-state index in [1.54, 1.807) is 7.11 Å². The maximum atomic E-state index is 12.8. The van der Waals surface area contributed by atoms with Gasteiger partial charge in [0.05, 0.1) is 12.8 Å². The second kappa shape index (κ2) is 6.30. The van der Waals surface area contributed by atoms with Gasteiger partial charge in [0.2, 0.25) is 0 Å². The van der Waals surface area contributed by atoms with Gasteiger partial charge in [0.25, 0.3) is 0 Å². The van der Waals surface area contributed by atoms with Gasteiger partial charge in [-0.25, -0.2) is 9.38 Å². The number of rotatable bonds is 6. The van der Waals surface area contributed by atoms with Crippen molar-refractivity contribution in [2.75, 3.05) is 13.7 Å². The number of halogens is 1. The SMILES string of the molecule is C=N/C(N[C@H](C)COC)=C(/F)C=N. The van der Waals surface area contributed by atoms with Crippen molar-refractivity contribution >= 4 is 12.9 Å². The lowest BCUT2D eigenvalue weighted by Gasteiger charge is -2.13. The van der Waals surface area contributed by atoms with E-state index in [-0.39, 0.29) is 11.9 Å². The third kappa shape index (κ3) is 4.37. The first-order chi connectivity index (χ1) is 6.15. The van der Waals surface area contributed by atoms with Crippen LogP contribution in [0.15, 0.2) is 16.6 Å². The van der Waals surface area contributed by atoms with Crippen molar-refractivity contribution < 1.29 is 9.13 Å². The summed E-state index contributed by atoms with van der Waals surface area (Å²) >= 11 is 0. The summed E-state index contributed by atoms with van der Waals surface area (Å²) in [6.07, 6.45) is 0.580. The summed E-state index contributed by atoms with van der Waals surface area (Å²) in [7, 11) is 1.55. The van der Waals surface area contributed by atoms with Crippen molar-refractivity contribution in [3.8, 4) is 0 Å². The molecular formula is C8H14FN3O. The van der Waals surface area contributed by atoms with E-state index < -0.39 is 5.83 Å². The van der Waals surface area contributed by atoms with Crippen molar-refractivity contribution in [2.24, 2.45) is 4.99 Å². The minimum Gasteiger partial charge on any atom is -0.383 e. The van der Waals surface area contributed by atoms with Crippen LogP contribution >= 0.6 is 0 Å². The maximum Gasteiger partial charge on any atom is 0.182 e. The Kier molecular flexibility index (Phi) is 5.71. The van der Waals surface area contributed by atoms with E-state index in [0.717, 1.165) is 0 Å². The topological polar surface area (TPSA) is 57.5 Å². The first-order valence-corrected chi connectivity index (χ1v) is 3.78. The molecule has 0 heterocycles. The van der Waals surface area contributed by atoms with Crippen molar-refractivity contribution in [3.63, 3.8) is 0 Å². The van der Waals surface area contributed by atoms with E-state index in [0.29, 0.717) is 12.8 Å². The average Bonchev–Trinajstić information content (AvgIpc) is 2.13. The molecule has 0 fully saturated rings. The number of aliphatic imine (C=N–C) groups is 1. The van der Waals surface area contributed by atoms with Crippen molar-refractivity contribution in [1.82, 2.24) is 5.32 Å². The van der Waals surface area contributed by atoms with Crippen LogP contribution < -0.4 is 5.32 Å². The van der Waals surface area contributed by atoms with E-state index in [1.165, 1.54) is 0 Å². The molecule has 5 heteroatoms. The summed E-state index contributed by atoms with van der Waals surface area (Å²) in [5, 5.41) is 9.39. The van der Waals surface area contributed by atoms with Gasteiger partial charge < -0.3 is 15.5 Å². The number of allylic oxidation sites excluding steroid dienone is 1. The molecule has 0 aliphatic carbocycles. The zero-order chi connectivity index (χ0) is 10.3. The monoisotopic (exact) mass is 187 g/mol. The number of nitrogens with one attached hydrogen (secondary N) is 2. The van der Waals surface area contributed by atoms with Crippen LogP contribution in [0, 0.1) is 5.41 Å². The summed E-state index contributed by atoms with van der Waals surface area (Å²) in [4.78, 5) is 3.42. The quantitative estimate of drug-likeness (QED) is 0.612. The molecule has 0 aliphatic heterocycles. The summed E-state index contributed by atoms with van der Waals surface area (Å²) < 4.78 is 17.6. The molecule has 0 amide bonds. The molecule has 0 saturated carbocycles. The summed E-state index contributed by atoms with van der Waals surface area (Å²) in [5.41, 5.74) is 0. The fraction of sp³-hybridized carbons (Fsp3) is 0.500. The highest BCUT2D eigenvalue weighted by Gasteiger charge is 2.06. The zero-order valence-electron chi connectivity index (χ0n) is 7.80. The van der Waals surface area contributed by atoms with Crippen molar-refractivity contribution in [1.29, 1.82) is 5.41 Å². The molecule has 2 N–H and O–H groups in total. The minimum atomic E-state index is -0.738. The van der Waals surface area contributed by atoms with Gasteiger partial charge in [0.15, 0.2) is 11.6 Å². The van der Waals surface area contributed by atoms with Crippen LogP contribution in [-0.2, 0) is 4.74 Å². The number of hydrogen-bond acceptors (Lipinski definition) is 4. The molecule has 74 valence electrons. The fourth-order valence-corrected chi connectivity index (χ4v) is 0.784. The standard InChI is InChI=1S/C8H14FN3O/c1-6(5-13-3)12-8(11-2)7(9)4-10/h4,6,10,12H,2,5H2,1,3H3/b8-7-,10-4?/t6-/m1/s1. The third-order valence-electron chi connectivity index (χ3n) is 1.31. The van der Waals surface area contributed by atoms with Crippen LogP contribution in [0.2, 0.25) is 0 Å². The van der Waals surface area contributed by atoms with Gasteiger partial charge in [-0.05, 0) is 13.6 Å². The van der Waals surface area contributed by atoms with Crippen molar-refractivity contribution in [2.45, 2.75) is 13.0 Å². The van der Waals surface area contributed by atoms with Gasteiger partial charge >= 0.3 is 0 Å². The van der Waals surface area contributed by atoms with Crippen LogP contribution in [0.3, 0.4) is 0 Å². The van der Waals surface area contributed by atoms with E-state index in [2.05, 4.69) is 17.0 Å². The number of nitrogens with zero attached hydrogens (tertiary/aromatic N) is 1. The molecule has 0 spiro atoms. The molecule has 0 aromatic rings. The van der Waals surface area contributed by atoms with Crippen molar-refractivity contribution in [3.05, 3.63) is 11.6 Å². The van der Waals surface area contributed by atoms with Gasteiger partial charge in [0, 0.05) is 13.2 Å². The lowest BCUT2D eigenvalue weighted by Crippen LogP contribution is -2.29. The highest BCUT2D eigenvalue weighted by Crippen LogP contribution is 2.02. The zero-order valence-corrected chi connectivity index (χ0v) is 7.80.